The first-order valence-electron chi connectivity index (χ1n) is 10.7. The molecular formula is C22H28N6O3. The zero-order chi connectivity index (χ0) is 21.8. The molecule has 1 atom stereocenters. The van der Waals surface area contributed by atoms with Crippen molar-refractivity contribution in [1.82, 2.24) is 25.1 Å². The summed E-state index contributed by atoms with van der Waals surface area (Å²) in [7, 11) is 0. The summed E-state index contributed by atoms with van der Waals surface area (Å²) < 4.78 is 12.9. The van der Waals surface area contributed by atoms with Gasteiger partial charge in [-0.15, -0.1) is 15.3 Å². The smallest absolute Gasteiger partial charge is 0.220 e. The van der Waals surface area contributed by atoms with E-state index in [1.54, 1.807) is 4.52 Å². The molecule has 0 fully saturated rings. The molecule has 0 radical (unpaired) electrons. The number of amides is 1. The number of ether oxygens (including phenoxy) is 2. The zero-order valence-corrected chi connectivity index (χ0v) is 18.2. The fraction of sp³-hybridized carbons (Fsp3) is 0.455. The number of hydrogen-bond donors (Lipinski definition) is 1. The highest BCUT2D eigenvalue weighted by Gasteiger charge is 2.17. The van der Waals surface area contributed by atoms with Crippen molar-refractivity contribution in [2.45, 2.75) is 39.7 Å². The molecule has 1 amide bonds. The van der Waals surface area contributed by atoms with Crippen molar-refractivity contribution >= 4 is 17.4 Å². The van der Waals surface area contributed by atoms with Crippen molar-refractivity contribution in [2.75, 3.05) is 31.2 Å². The molecule has 1 aliphatic rings. The lowest BCUT2D eigenvalue weighted by Crippen LogP contribution is -2.27. The maximum atomic E-state index is 12.6. The van der Waals surface area contributed by atoms with Crippen LogP contribution >= 0.6 is 0 Å². The van der Waals surface area contributed by atoms with E-state index in [-0.39, 0.29) is 11.9 Å². The second kappa shape index (κ2) is 9.20. The van der Waals surface area contributed by atoms with Gasteiger partial charge in [-0.05, 0) is 50.6 Å². The molecule has 4 rings (SSSR count). The number of anilines is 1. The molecule has 0 saturated heterocycles. The summed E-state index contributed by atoms with van der Waals surface area (Å²) in [6.07, 6.45) is 0.752. The van der Waals surface area contributed by atoms with E-state index in [9.17, 15) is 4.79 Å². The third kappa shape index (κ3) is 4.55. The number of benzene rings is 1. The molecule has 0 bridgehead atoms. The van der Waals surface area contributed by atoms with E-state index in [1.807, 2.05) is 37.3 Å². The minimum absolute atomic E-state index is 0.0564. The van der Waals surface area contributed by atoms with E-state index in [0.29, 0.717) is 37.5 Å². The maximum Gasteiger partial charge on any atom is 0.220 e. The number of hydrogen-bond acceptors (Lipinski definition) is 7. The van der Waals surface area contributed by atoms with Gasteiger partial charge in [0.25, 0.3) is 0 Å². The average Bonchev–Trinajstić information content (AvgIpc) is 3.20. The molecule has 164 valence electrons. The highest BCUT2D eigenvalue weighted by atomic mass is 16.6. The van der Waals surface area contributed by atoms with Gasteiger partial charge in [0.15, 0.2) is 23.0 Å². The number of rotatable bonds is 8. The monoisotopic (exact) mass is 424 g/mol. The number of fused-ring (bicyclic) bond motifs is 2. The highest BCUT2D eigenvalue weighted by molar-refractivity contribution is 5.76. The van der Waals surface area contributed by atoms with Gasteiger partial charge in [-0.25, -0.2) is 0 Å². The first kappa shape index (κ1) is 20.9. The van der Waals surface area contributed by atoms with Crippen LogP contribution in [0.1, 0.15) is 44.6 Å². The lowest BCUT2D eigenvalue weighted by atomic mass is 10.1. The van der Waals surface area contributed by atoms with E-state index in [0.717, 1.165) is 36.0 Å². The molecule has 3 heterocycles. The summed E-state index contributed by atoms with van der Waals surface area (Å²) in [4.78, 5) is 14.7. The first-order chi connectivity index (χ1) is 15.1. The Morgan fingerprint density at radius 2 is 1.90 bits per heavy atom. The van der Waals surface area contributed by atoms with Crippen LogP contribution in [-0.2, 0) is 11.2 Å². The lowest BCUT2D eigenvalue weighted by molar-refractivity contribution is -0.121. The molecule has 9 heteroatoms. The third-order valence-corrected chi connectivity index (χ3v) is 5.42. The standard InChI is InChI=1S/C22H28N6O3/c1-4-27(5-2)21-9-8-19-24-25-20(28(19)26-21)10-11-22(29)23-15(3)16-6-7-17-18(14-16)31-13-12-30-17/h6-9,14-15H,4-5,10-13H2,1-3H3,(H,23,29)/t15-/m0/s1. The van der Waals surface area contributed by atoms with E-state index < -0.39 is 0 Å². The molecule has 9 nitrogen and oxygen atoms in total. The van der Waals surface area contributed by atoms with Gasteiger partial charge < -0.3 is 19.7 Å². The molecule has 31 heavy (non-hydrogen) atoms. The van der Waals surface area contributed by atoms with Crippen molar-refractivity contribution < 1.29 is 14.3 Å². The normalized spacial score (nSPS) is 13.8. The van der Waals surface area contributed by atoms with Crippen molar-refractivity contribution in [3.05, 3.63) is 41.7 Å². The van der Waals surface area contributed by atoms with Gasteiger partial charge in [-0.3, -0.25) is 4.79 Å². The van der Waals surface area contributed by atoms with Gasteiger partial charge in [0.1, 0.15) is 19.0 Å². The van der Waals surface area contributed by atoms with E-state index in [2.05, 4.69) is 39.4 Å². The van der Waals surface area contributed by atoms with Crippen LogP contribution in [0.5, 0.6) is 11.5 Å². The van der Waals surface area contributed by atoms with Crippen LogP contribution < -0.4 is 19.7 Å². The molecule has 1 aromatic carbocycles. The van der Waals surface area contributed by atoms with Crippen LogP contribution in [0.15, 0.2) is 30.3 Å². The molecule has 0 aliphatic carbocycles. The van der Waals surface area contributed by atoms with Gasteiger partial charge in [0, 0.05) is 25.9 Å². The highest BCUT2D eigenvalue weighted by Crippen LogP contribution is 2.32. The van der Waals surface area contributed by atoms with Crippen molar-refractivity contribution in [3.63, 3.8) is 0 Å². The fourth-order valence-electron chi connectivity index (χ4n) is 3.65. The van der Waals surface area contributed by atoms with Crippen LogP contribution in [-0.4, -0.2) is 52.0 Å². The van der Waals surface area contributed by atoms with Gasteiger partial charge >= 0.3 is 0 Å². The number of aromatic nitrogens is 4. The average molecular weight is 425 g/mol. The second-order valence-corrected chi connectivity index (χ2v) is 7.44. The molecule has 1 N–H and O–H groups in total. The summed E-state index contributed by atoms with van der Waals surface area (Å²) in [5.41, 5.74) is 1.65. The number of aryl methyl sites for hydroxylation is 1. The number of carbonyl (C=O) groups is 1. The van der Waals surface area contributed by atoms with Crippen LogP contribution in [0.2, 0.25) is 0 Å². The van der Waals surface area contributed by atoms with Gasteiger partial charge in [0.2, 0.25) is 5.91 Å². The minimum Gasteiger partial charge on any atom is -0.486 e. The maximum absolute atomic E-state index is 12.6. The Morgan fingerprint density at radius 3 is 2.68 bits per heavy atom. The molecular weight excluding hydrogens is 396 g/mol. The summed E-state index contributed by atoms with van der Waals surface area (Å²) in [5, 5.41) is 16.1. The summed E-state index contributed by atoms with van der Waals surface area (Å²) in [5.74, 6) is 2.94. The molecule has 0 saturated carbocycles. The lowest BCUT2D eigenvalue weighted by Gasteiger charge is -2.21. The van der Waals surface area contributed by atoms with Gasteiger partial charge in [0.05, 0.1) is 6.04 Å². The van der Waals surface area contributed by atoms with Crippen LogP contribution in [0.4, 0.5) is 5.82 Å². The summed E-state index contributed by atoms with van der Waals surface area (Å²) in [6.45, 7) is 8.97. The SMILES string of the molecule is CCN(CC)c1ccc2nnc(CCC(=O)N[C@@H](C)c3ccc4c(c3)OCCO4)n2n1. The summed E-state index contributed by atoms with van der Waals surface area (Å²) in [6, 6.07) is 9.45. The predicted octanol–water partition coefficient (Wildman–Crippen LogP) is 2.55. The van der Waals surface area contributed by atoms with Crippen molar-refractivity contribution in [2.24, 2.45) is 0 Å². The molecule has 2 aromatic heterocycles. The third-order valence-electron chi connectivity index (χ3n) is 5.42. The summed E-state index contributed by atoms with van der Waals surface area (Å²) >= 11 is 0. The Bertz CT molecular complexity index is 1060. The Balaban J connectivity index is 1.39. The zero-order valence-electron chi connectivity index (χ0n) is 18.2. The molecule has 0 unspecified atom stereocenters. The Labute approximate surface area is 181 Å². The topological polar surface area (TPSA) is 93.9 Å². The van der Waals surface area contributed by atoms with E-state index >= 15 is 0 Å². The Hall–Kier alpha value is -3.36. The van der Waals surface area contributed by atoms with Crippen LogP contribution in [0, 0.1) is 0 Å². The minimum atomic E-state index is -0.147. The molecule has 0 spiro atoms. The van der Waals surface area contributed by atoms with Gasteiger partial charge in [-0.2, -0.15) is 4.52 Å². The van der Waals surface area contributed by atoms with E-state index in [4.69, 9.17) is 9.47 Å². The molecule has 3 aromatic rings. The number of nitrogens with one attached hydrogen (secondary N) is 1. The number of nitrogens with zero attached hydrogens (tertiary/aromatic N) is 5. The Kier molecular flexibility index (Phi) is 6.20. The van der Waals surface area contributed by atoms with Crippen LogP contribution in [0.3, 0.4) is 0 Å². The van der Waals surface area contributed by atoms with Crippen LogP contribution in [0.25, 0.3) is 5.65 Å². The Morgan fingerprint density at radius 1 is 1.13 bits per heavy atom. The number of carbonyl (C=O) groups excluding carboxylic acids is 1. The predicted molar refractivity (Wildman–Crippen MR) is 117 cm³/mol. The van der Waals surface area contributed by atoms with E-state index in [1.165, 1.54) is 0 Å². The first-order valence-corrected chi connectivity index (χ1v) is 10.7. The second-order valence-electron chi connectivity index (χ2n) is 7.44. The van der Waals surface area contributed by atoms with Crippen molar-refractivity contribution in [3.8, 4) is 11.5 Å². The quantitative estimate of drug-likeness (QED) is 0.594. The molecule has 1 aliphatic heterocycles. The van der Waals surface area contributed by atoms with Gasteiger partial charge in [-0.1, -0.05) is 6.07 Å². The largest absolute Gasteiger partial charge is 0.486 e. The fourth-order valence-corrected chi connectivity index (χ4v) is 3.65. The van der Waals surface area contributed by atoms with Crippen molar-refractivity contribution in [1.29, 1.82) is 0 Å².